The molecule has 0 atom stereocenters. The lowest BCUT2D eigenvalue weighted by atomic mass is 10.0. The zero-order chi connectivity index (χ0) is 11.4. The Labute approximate surface area is 95.6 Å². The molecule has 3 nitrogen and oxygen atoms in total. The van der Waals surface area contributed by atoms with Crippen molar-refractivity contribution in [2.75, 3.05) is 13.2 Å². The van der Waals surface area contributed by atoms with E-state index in [-0.39, 0.29) is 0 Å². The van der Waals surface area contributed by atoms with Crippen molar-refractivity contribution in [3.63, 3.8) is 0 Å². The van der Waals surface area contributed by atoms with Crippen LogP contribution < -0.4 is 9.47 Å². The van der Waals surface area contributed by atoms with E-state index in [1.807, 2.05) is 12.1 Å². The third kappa shape index (κ3) is 2.27. The van der Waals surface area contributed by atoms with E-state index in [0.717, 1.165) is 24.3 Å². The second kappa shape index (κ2) is 4.89. The molecule has 1 aromatic rings. The van der Waals surface area contributed by atoms with Gasteiger partial charge < -0.3 is 9.47 Å². The van der Waals surface area contributed by atoms with Crippen LogP contribution in [0.15, 0.2) is 12.1 Å². The maximum atomic E-state index is 8.51. The minimum atomic E-state index is 0.605. The number of ether oxygens (including phenoxy) is 2. The number of hydrogen-bond acceptors (Lipinski definition) is 3. The molecular formula is C13H15NO2. The van der Waals surface area contributed by atoms with Crippen LogP contribution in [-0.4, -0.2) is 13.2 Å². The zero-order valence-corrected chi connectivity index (χ0v) is 9.45. The summed E-state index contributed by atoms with van der Waals surface area (Å²) in [7, 11) is 0. The van der Waals surface area contributed by atoms with Crippen LogP contribution in [0.4, 0.5) is 0 Å². The highest BCUT2D eigenvalue weighted by Crippen LogP contribution is 2.33. The molecule has 0 radical (unpaired) electrons. The molecule has 0 bridgehead atoms. The molecule has 84 valence electrons. The first-order chi connectivity index (χ1) is 7.81. The summed E-state index contributed by atoms with van der Waals surface area (Å²) in [6.07, 6.45) is 2.43. The van der Waals surface area contributed by atoms with Gasteiger partial charge in [0.2, 0.25) is 0 Å². The summed E-state index contributed by atoms with van der Waals surface area (Å²) in [5, 5.41) is 8.51. The van der Waals surface area contributed by atoms with E-state index < -0.39 is 0 Å². The maximum Gasteiger partial charge on any atom is 0.161 e. The largest absolute Gasteiger partial charge is 0.486 e. The van der Waals surface area contributed by atoms with Crippen molar-refractivity contribution in [3.8, 4) is 17.6 Å². The van der Waals surface area contributed by atoms with E-state index >= 15 is 0 Å². The molecule has 0 amide bonds. The van der Waals surface area contributed by atoms with Crippen LogP contribution in [0, 0.1) is 18.3 Å². The Kier molecular flexibility index (Phi) is 3.31. The summed E-state index contributed by atoms with van der Waals surface area (Å²) >= 11 is 0. The number of fused-ring (bicyclic) bond motifs is 1. The number of nitriles is 1. The minimum absolute atomic E-state index is 0.605. The number of unbranched alkanes of at least 4 members (excludes halogenated alkanes) is 1. The maximum absolute atomic E-state index is 8.51. The fourth-order valence-electron chi connectivity index (χ4n) is 1.86. The summed E-state index contributed by atoms with van der Waals surface area (Å²) in [6.45, 7) is 3.31. The standard InChI is InChI=1S/C13H15NO2/c1-10-8-12-13(16-7-6-15-12)9-11(10)4-2-3-5-14/h8-9H,2-4,6-7H2,1H3. The van der Waals surface area contributed by atoms with Crippen LogP contribution in [0.25, 0.3) is 0 Å². The minimum Gasteiger partial charge on any atom is -0.486 e. The fraction of sp³-hybridized carbons (Fsp3) is 0.462. The number of hydrogen-bond donors (Lipinski definition) is 0. The fourth-order valence-corrected chi connectivity index (χ4v) is 1.86. The Morgan fingerprint density at radius 3 is 2.62 bits per heavy atom. The lowest BCUT2D eigenvalue weighted by molar-refractivity contribution is 0.171. The van der Waals surface area contributed by atoms with Crippen LogP contribution >= 0.6 is 0 Å². The van der Waals surface area contributed by atoms with Gasteiger partial charge in [0, 0.05) is 6.42 Å². The lowest BCUT2D eigenvalue weighted by Crippen LogP contribution is -2.15. The van der Waals surface area contributed by atoms with Crippen LogP contribution in [0.3, 0.4) is 0 Å². The van der Waals surface area contributed by atoms with Crippen molar-refractivity contribution < 1.29 is 9.47 Å². The van der Waals surface area contributed by atoms with Crippen molar-refractivity contribution in [1.29, 1.82) is 5.26 Å². The average Bonchev–Trinajstić information content (AvgIpc) is 2.30. The second-order valence-corrected chi connectivity index (χ2v) is 3.93. The van der Waals surface area contributed by atoms with Crippen molar-refractivity contribution in [3.05, 3.63) is 23.3 Å². The summed E-state index contributed by atoms with van der Waals surface area (Å²) in [4.78, 5) is 0. The molecule has 1 heterocycles. The molecule has 1 aliphatic rings. The summed E-state index contributed by atoms with van der Waals surface area (Å²) in [6, 6.07) is 6.23. The Bertz CT molecular complexity index is 421. The quantitative estimate of drug-likeness (QED) is 0.731. The SMILES string of the molecule is Cc1cc2c(cc1CCCC#N)OCCO2. The predicted octanol–water partition coefficient (Wildman–Crippen LogP) is 2.61. The Balaban J connectivity index is 2.16. The Morgan fingerprint density at radius 1 is 1.25 bits per heavy atom. The van der Waals surface area contributed by atoms with E-state index in [2.05, 4.69) is 13.0 Å². The van der Waals surface area contributed by atoms with Crippen molar-refractivity contribution in [2.45, 2.75) is 26.2 Å². The molecule has 0 aromatic heterocycles. The Morgan fingerprint density at radius 2 is 1.94 bits per heavy atom. The third-order valence-corrected chi connectivity index (χ3v) is 2.74. The molecule has 0 spiro atoms. The van der Waals surface area contributed by atoms with E-state index in [0.29, 0.717) is 19.6 Å². The van der Waals surface area contributed by atoms with Crippen molar-refractivity contribution in [2.24, 2.45) is 0 Å². The van der Waals surface area contributed by atoms with Gasteiger partial charge in [0.05, 0.1) is 6.07 Å². The zero-order valence-electron chi connectivity index (χ0n) is 9.45. The molecular weight excluding hydrogens is 202 g/mol. The highest BCUT2D eigenvalue weighted by molar-refractivity contribution is 5.47. The topological polar surface area (TPSA) is 42.2 Å². The highest BCUT2D eigenvalue weighted by Gasteiger charge is 2.13. The monoisotopic (exact) mass is 217 g/mol. The molecule has 3 heteroatoms. The number of nitrogens with zero attached hydrogens (tertiary/aromatic N) is 1. The van der Waals surface area contributed by atoms with Gasteiger partial charge in [-0.25, -0.2) is 0 Å². The normalized spacial score (nSPS) is 13.2. The molecule has 0 N–H and O–H groups in total. The smallest absolute Gasteiger partial charge is 0.161 e. The van der Waals surface area contributed by atoms with Crippen LogP contribution in [0.1, 0.15) is 24.0 Å². The number of rotatable bonds is 3. The molecule has 2 rings (SSSR count). The Hall–Kier alpha value is -1.69. The van der Waals surface area contributed by atoms with Crippen LogP contribution in [0.2, 0.25) is 0 Å². The molecule has 0 saturated heterocycles. The molecule has 0 saturated carbocycles. The molecule has 1 aromatic carbocycles. The molecule has 0 fully saturated rings. The van der Waals surface area contributed by atoms with Gasteiger partial charge in [-0.2, -0.15) is 5.26 Å². The van der Waals surface area contributed by atoms with Gasteiger partial charge in [-0.3, -0.25) is 0 Å². The first-order valence-corrected chi connectivity index (χ1v) is 5.57. The molecule has 1 aliphatic heterocycles. The first kappa shape index (κ1) is 10.8. The summed E-state index contributed by atoms with van der Waals surface area (Å²) < 4.78 is 11.0. The molecule has 0 unspecified atom stereocenters. The van der Waals surface area contributed by atoms with Crippen molar-refractivity contribution in [1.82, 2.24) is 0 Å². The van der Waals surface area contributed by atoms with E-state index in [4.69, 9.17) is 14.7 Å². The van der Waals surface area contributed by atoms with Gasteiger partial charge in [0.1, 0.15) is 13.2 Å². The highest BCUT2D eigenvalue weighted by atomic mass is 16.6. The molecule has 0 aliphatic carbocycles. The van der Waals surface area contributed by atoms with E-state index in [1.54, 1.807) is 0 Å². The van der Waals surface area contributed by atoms with Gasteiger partial charge in [0.15, 0.2) is 11.5 Å². The van der Waals surface area contributed by atoms with Crippen LogP contribution in [0.5, 0.6) is 11.5 Å². The van der Waals surface area contributed by atoms with Gasteiger partial charge >= 0.3 is 0 Å². The van der Waals surface area contributed by atoms with E-state index in [1.165, 1.54) is 11.1 Å². The van der Waals surface area contributed by atoms with Crippen LogP contribution in [-0.2, 0) is 6.42 Å². The van der Waals surface area contributed by atoms with Gasteiger partial charge in [-0.15, -0.1) is 0 Å². The van der Waals surface area contributed by atoms with Gasteiger partial charge in [0.25, 0.3) is 0 Å². The average molecular weight is 217 g/mol. The molecule has 16 heavy (non-hydrogen) atoms. The first-order valence-electron chi connectivity index (χ1n) is 5.57. The predicted molar refractivity (Wildman–Crippen MR) is 60.7 cm³/mol. The number of benzene rings is 1. The van der Waals surface area contributed by atoms with E-state index in [9.17, 15) is 0 Å². The summed E-state index contributed by atoms with van der Waals surface area (Å²) in [5.74, 6) is 1.68. The third-order valence-electron chi connectivity index (χ3n) is 2.74. The van der Waals surface area contributed by atoms with Crippen molar-refractivity contribution >= 4 is 0 Å². The van der Waals surface area contributed by atoms with Gasteiger partial charge in [-0.05, 0) is 43.0 Å². The van der Waals surface area contributed by atoms with Gasteiger partial charge in [-0.1, -0.05) is 0 Å². The summed E-state index contributed by atoms with van der Waals surface area (Å²) in [5.41, 5.74) is 2.46. The number of aryl methyl sites for hydroxylation is 2. The second-order valence-electron chi connectivity index (χ2n) is 3.93. The lowest BCUT2D eigenvalue weighted by Gasteiger charge is -2.20.